The number of aromatic hydroxyl groups is 1. The number of rotatable bonds is 2. The van der Waals surface area contributed by atoms with Crippen LogP contribution >= 0.6 is 0 Å². The highest BCUT2D eigenvalue weighted by Crippen LogP contribution is 2.19. The Bertz CT molecular complexity index is 327. The van der Waals surface area contributed by atoms with Gasteiger partial charge in [0.25, 0.3) is 0 Å². The summed E-state index contributed by atoms with van der Waals surface area (Å²) in [6, 6.07) is 7.26. The van der Waals surface area contributed by atoms with Gasteiger partial charge in [0.05, 0.1) is 6.10 Å². The van der Waals surface area contributed by atoms with E-state index in [1.165, 1.54) is 0 Å². The van der Waals surface area contributed by atoms with Crippen molar-refractivity contribution >= 4 is 0 Å². The van der Waals surface area contributed by atoms with Crippen LogP contribution in [0.25, 0.3) is 0 Å². The predicted octanol–water partition coefficient (Wildman–Crippen LogP) is 0.905. The molecule has 1 aromatic carbocycles. The lowest BCUT2D eigenvalue weighted by atomic mass is 9.90. The minimum atomic E-state index is -0.214. The number of piperidine rings is 1. The van der Waals surface area contributed by atoms with Crippen molar-refractivity contribution in [3.8, 4) is 5.75 Å². The highest BCUT2D eigenvalue weighted by Gasteiger charge is 2.22. The van der Waals surface area contributed by atoms with Crippen LogP contribution < -0.4 is 5.32 Å². The first-order valence-corrected chi connectivity index (χ1v) is 5.42. The van der Waals surface area contributed by atoms with Crippen molar-refractivity contribution in [1.29, 1.82) is 0 Å². The van der Waals surface area contributed by atoms with Gasteiger partial charge in [-0.05, 0) is 37.1 Å². The fourth-order valence-corrected chi connectivity index (χ4v) is 2.10. The van der Waals surface area contributed by atoms with Crippen molar-refractivity contribution in [3.63, 3.8) is 0 Å². The van der Waals surface area contributed by atoms with Crippen molar-refractivity contribution in [2.75, 3.05) is 13.1 Å². The third-order valence-corrected chi connectivity index (χ3v) is 2.98. The second-order valence-corrected chi connectivity index (χ2v) is 4.19. The van der Waals surface area contributed by atoms with E-state index in [1.807, 2.05) is 12.1 Å². The lowest BCUT2D eigenvalue weighted by Gasteiger charge is -2.28. The van der Waals surface area contributed by atoms with Crippen LogP contribution in [0.5, 0.6) is 5.75 Å². The Labute approximate surface area is 89.8 Å². The number of hydrogen-bond donors (Lipinski definition) is 3. The summed E-state index contributed by atoms with van der Waals surface area (Å²) in [7, 11) is 0. The van der Waals surface area contributed by atoms with Crippen molar-refractivity contribution in [1.82, 2.24) is 5.32 Å². The van der Waals surface area contributed by atoms with Crippen LogP contribution in [0.2, 0.25) is 0 Å². The zero-order chi connectivity index (χ0) is 10.7. The minimum absolute atomic E-state index is 0.214. The number of phenolic OH excluding ortho intramolecular Hbond substituents is 1. The molecule has 1 heterocycles. The van der Waals surface area contributed by atoms with E-state index in [0.29, 0.717) is 5.75 Å². The lowest BCUT2D eigenvalue weighted by Crippen LogP contribution is -2.40. The van der Waals surface area contributed by atoms with Gasteiger partial charge in [0, 0.05) is 12.5 Å². The first kappa shape index (κ1) is 10.5. The van der Waals surface area contributed by atoms with E-state index < -0.39 is 0 Å². The molecule has 0 aliphatic carbocycles. The highest BCUT2D eigenvalue weighted by atomic mass is 16.3. The molecule has 0 aromatic heterocycles. The molecule has 1 aliphatic heterocycles. The summed E-state index contributed by atoms with van der Waals surface area (Å²) in [5.74, 6) is 0.561. The standard InChI is InChI=1S/C12H17NO2/c14-11-3-1-2-9(7-11)6-10-8-13-5-4-12(10)15/h1-3,7,10,12-15H,4-6,8H2. The van der Waals surface area contributed by atoms with Crippen LogP contribution in [0, 0.1) is 5.92 Å². The summed E-state index contributed by atoms with van der Waals surface area (Å²) in [4.78, 5) is 0. The SMILES string of the molecule is Oc1cccc(CC2CNCCC2O)c1. The molecule has 1 aliphatic rings. The first-order chi connectivity index (χ1) is 7.25. The molecule has 3 nitrogen and oxygen atoms in total. The van der Waals surface area contributed by atoms with Gasteiger partial charge in [0.15, 0.2) is 0 Å². The Morgan fingerprint density at radius 1 is 1.40 bits per heavy atom. The Morgan fingerprint density at radius 2 is 2.27 bits per heavy atom. The van der Waals surface area contributed by atoms with Crippen molar-refractivity contribution in [3.05, 3.63) is 29.8 Å². The van der Waals surface area contributed by atoms with E-state index in [4.69, 9.17) is 0 Å². The number of benzene rings is 1. The van der Waals surface area contributed by atoms with Crippen molar-refractivity contribution in [2.24, 2.45) is 5.92 Å². The van der Waals surface area contributed by atoms with E-state index in [-0.39, 0.29) is 12.0 Å². The summed E-state index contributed by atoms with van der Waals surface area (Å²) >= 11 is 0. The van der Waals surface area contributed by atoms with Crippen LogP contribution in [0.15, 0.2) is 24.3 Å². The second-order valence-electron chi connectivity index (χ2n) is 4.19. The zero-order valence-corrected chi connectivity index (χ0v) is 8.69. The highest BCUT2D eigenvalue weighted by molar-refractivity contribution is 5.27. The Morgan fingerprint density at radius 3 is 3.00 bits per heavy atom. The Kier molecular flexibility index (Phi) is 3.23. The third kappa shape index (κ3) is 2.70. The molecule has 0 bridgehead atoms. The van der Waals surface area contributed by atoms with Crippen LogP contribution in [0.3, 0.4) is 0 Å². The fraction of sp³-hybridized carbons (Fsp3) is 0.500. The quantitative estimate of drug-likeness (QED) is 0.675. The maximum absolute atomic E-state index is 9.80. The van der Waals surface area contributed by atoms with E-state index >= 15 is 0 Å². The molecule has 0 saturated carbocycles. The summed E-state index contributed by atoms with van der Waals surface area (Å²) in [5, 5.41) is 22.4. The van der Waals surface area contributed by atoms with Crippen LogP contribution in [-0.4, -0.2) is 29.4 Å². The van der Waals surface area contributed by atoms with Crippen molar-refractivity contribution < 1.29 is 10.2 Å². The number of phenols is 1. The summed E-state index contributed by atoms with van der Waals surface area (Å²) < 4.78 is 0. The van der Waals surface area contributed by atoms with Crippen LogP contribution in [0.4, 0.5) is 0 Å². The molecular formula is C12H17NO2. The molecule has 3 N–H and O–H groups in total. The number of aliphatic hydroxyl groups is 1. The number of hydrogen-bond acceptors (Lipinski definition) is 3. The second kappa shape index (κ2) is 4.64. The molecule has 2 unspecified atom stereocenters. The van der Waals surface area contributed by atoms with Crippen LogP contribution in [0.1, 0.15) is 12.0 Å². The molecule has 2 rings (SSSR count). The summed E-state index contributed by atoms with van der Waals surface area (Å²) in [6.07, 6.45) is 1.43. The fourth-order valence-electron chi connectivity index (χ4n) is 2.10. The smallest absolute Gasteiger partial charge is 0.115 e. The zero-order valence-electron chi connectivity index (χ0n) is 8.69. The number of aliphatic hydroxyl groups excluding tert-OH is 1. The largest absolute Gasteiger partial charge is 0.508 e. The molecular weight excluding hydrogens is 190 g/mol. The number of nitrogens with one attached hydrogen (secondary N) is 1. The minimum Gasteiger partial charge on any atom is -0.508 e. The molecule has 1 saturated heterocycles. The Balaban J connectivity index is 2.01. The first-order valence-electron chi connectivity index (χ1n) is 5.42. The maximum Gasteiger partial charge on any atom is 0.115 e. The van der Waals surface area contributed by atoms with E-state index in [2.05, 4.69) is 5.32 Å². The molecule has 3 heteroatoms. The summed E-state index contributed by atoms with van der Waals surface area (Å²) in [5.41, 5.74) is 1.09. The Hall–Kier alpha value is -1.06. The van der Waals surface area contributed by atoms with E-state index in [1.54, 1.807) is 12.1 Å². The monoisotopic (exact) mass is 207 g/mol. The molecule has 0 spiro atoms. The van der Waals surface area contributed by atoms with Gasteiger partial charge in [0.2, 0.25) is 0 Å². The predicted molar refractivity (Wildman–Crippen MR) is 58.8 cm³/mol. The van der Waals surface area contributed by atoms with Gasteiger partial charge in [-0.2, -0.15) is 0 Å². The van der Waals surface area contributed by atoms with E-state index in [0.717, 1.165) is 31.5 Å². The normalized spacial score (nSPS) is 26.5. The van der Waals surface area contributed by atoms with Gasteiger partial charge in [-0.25, -0.2) is 0 Å². The van der Waals surface area contributed by atoms with Gasteiger partial charge in [0.1, 0.15) is 5.75 Å². The van der Waals surface area contributed by atoms with Gasteiger partial charge in [-0.15, -0.1) is 0 Å². The third-order valence-electron chi connectivity index (χ3n) is 2.98. The topological polar surface area (TPSA) is 52.5 Å². The van der Waals surface area contributed by atoms with Gasteiger partial charge in [-0.3, -0.25) is 0 Å². The van der Waals surface area contributed by atoms with Gasteiger partial charge >= 0.3 is 0 Å². The summed E-state index contributed by atoms with van der Waals surface area (Å²) in [6.45, 7) is 1.76. The van der Waals surface area contributed by atoms with Gasteiger partial charge in [-0.1, -0.05) is 12.1 Å². The maximum atomic E-state index is 9.80. The van der Waals surface area contributed by atoms with Crippen LogP contribution in [-0.2, 0) is 6.42 Å². The molecule has 82 valence electrons. The average Bonchev–Trinajstić information content (AvgIpc) is 2.22. The van der Waals surface area contributed by atoms with E-state index in [9.17, 15) is 10.2 Å². The molecule has 1 aromatic rings. The lowest BCUT2D eigenvalue weighted by molar-refractivity contribution is 0.0791. The molecule has 0 amide bonds. The van der Waals surface area contributed by atoms with Gasteiger partial charge < -0.3 is 15.5 Å². The average molecular weight is 207 g/mol. The van der Waals surface area contributed by atoms with Crippen molar-refractivity contribution in [2.45, 2.75) is 18.9 Å². The molecule has 0 radical (unpaired) electrons. The molecule has 1 fully saturated rings. The molecule has 2 atom stereocenters. The molecule has 15 heavy (non-hydrogen) atoms.